The van der Waals surface area contributed by atoms with Crippen LogP contribution in [0.4, 0.5) is 0 Å². The fraction of sp³-hybridized carbons (Fsp3) is 0.111. The summed E-state index contributed by atoms with van der Waals surface area (Å²) in [5.41, 5.74) is 15.8. The van der Waals surface area contributed by atoms with Gasteiger partial charge in [-0.1, -0.05) is 202 Å². The smallest absolute Gasteiger partial charge is 0.446 e. The van der Waals surface area contributed by atoms with Crippen LogP contribution in [0.1, 0.15) is 61.7 Å². The first kappa shape index (κ1) is 75.4. The first-order valence-corrected chi connectivity index (χ1v) is 35.2. The number of Topliss-reactive ketones (excluding diaryl/α,β-unsaturated/α-hetero) is 1. The minimum absolute atomic E-state index is 0.00202. The van der Waals surface area contributed by atoms with Gasteiger partial charge >= 0.3 is 17.7 Å². The Kier molecular flexibility index (Phi) is 26.7. The Hall–Kier alpha value is -8.64. The zero-order valence-electron chi connectivity index (χ0n) is 50.3. The van der Waals surface area contributed by atoms with Crippen LogP contribution in [0.25, 0.3) is 22.1 Å². The van der Waals surface area contributed by atoms with Crippen LogP contribution in [-0.4, -0.2) is 106 Å². The van der Waals surface area contributed by atoms with Gasteiger partial charge in [-0.2, -0.15) is 14.7 Å². The molecule has 4 heterocycles. The number of fused-ring (bicyclic) bond motifs is 1. The van der Waals surface area contributed by atoms with Gasteiger partial charge in [-0.05, 0) is 125 Å². The van der Waals surface area contributed by atoms with Gasteiger partial charge in [-0.3, -0.25) is 19.5 Å². The van der Waals surface area contributed by atoms with Crippen LogP contribution < -0.4 is 21.3 Å². The summed E-state index contributed by atoms with van der Waals surface area (Å²) in [7, 11) is -12.7. The number of carbonyl (C=O) groups is 4. The van der Waals surface area contributed by atoms with E-state index < -0.39 is 88.5 Å². The molecule has 0 saturated carbocycles. The number of H-pyrrole nitrogens is 1. The number of aromatic amines is 1. The zero-order valence-corrected chi connectivity index (χ0v) is 58.1. The molecule has 0 aliphatic carbocycles. The van der Waals surface area contributed by atoms with E-state index in [1.165, 1.54) is 65.3 Å². The largest absolute Gasteiger partial charge is 0.461 e. The molecule has 1 N–H and O–H groups in total. The van der Waals surface area contributed by atoms with Crippen molar-refractivity contribution in [1.82, 2.24) is 22.1 Å². The van der Waals surface area contributed by atoms with E-state index in [0.717, 1.165) is 32.8 Å². The Morgan fingerprint density at radius 2 is 0.895 bits per heavy atom. The fourth-order valence-corrected chi connectivity index (χ4v) is 17.3. The Bertz CT molecular complexity index is 4880. The van der Waals surface area contributed by atoms with Crippen molar-refractivity contribution in [3.8, 4) is 0 Å². The monoisotopic (exact) mass is 1480 g/mol. The molecule has 6 aromatic carbocycles. The number of nitrogens with one attached hydrogen (secondary N) is 1. The van der Waals surface area contributed by atoms with Crippen molar-refractivity contribution in [2.75, 3.05) is 13.2 Å². The number of nitrogens with zero attached hydrogens (tertiary/aromatic N) is 8. The van der Waals surface area contributed by atoms with Crippen molar-refractivity contribution in [3.05, 3.63) is 263 Å². The van der Waals surface area contributed by atoms with Gasteiger partial charge in [0.15, 0.2) is 5.65 Å². The first-order valence-electron chi connectivity index (χ1n) is 27.3. The average Bonchev–Trinajstić information content (AvgIpc) is 1.63. The molecule has 10 aromatic rings. The predicted octanol–water partition coefficient (Wildman–Crippen LogP) is 11.9. The second-order valence-electron chi connectivity index (χ2n) is 19.2. The SMILES string of the molecule is C=[N+]=[N-].CCOC(=O)C(=[N+]=[N-])C(=O)c1cc(Cl)n(S(=O)(=O)c2ccc(C)cc2)c1Cl.CCOC(=O)c1n[nH]c2c(cc(Cl)n2S(=O)(=O)c2ccc(C)cc2)c1=O.Cc1ccc(S(=O)(=O)n2c(Cl)cc(C(=O)Cl)c2Cl)cc1.c1ccc(P(c2ccccc2)c2ccccc2)cc1. The van der Waals surface area contributed by atoms with Crippen LogP contribution in [0.2, 0.25) is 25.8 Å². The minimum atomic E-state index is -4.21. The van der Waals surface area contributed by atoms with Gasteiger partial charge in [-0.25, -0.2) is 46.8 Å². The molecule has 492 valence electrons. The number of ether oxygens (including phenoxy) is 2. The summed E-state index contributed by atoms with van der Waals surface area (Å²) < 4.78 is 87.7. The summed E-state index contributed by atoms with van der Waals surface area (Å²) in [4.78, 5) is 64.3. The van der Waals surface area contributed by atoms with E-state index in [1.807, 2.05) is 13.8 Å². The summed E-state index contributed by atoms with van der Waals surface area (Å²) >= 11 is 35.2. The van der Waals surface area contributed by atoms with Crippen molar-refractivity contribution in [1.29, 1.82) is 0 Å². The molecule has 10 rings (SSSR count). The second kappa shape index (κ2) is 33.7. The first-order chi connectivity index (χ1) is 45.0. The van der Waals surface area contributed by atoms with E-state index in [4.69, 9.17) is 85.4 Å². The number of ketones is 1. The van der Waals surface area contributed by atoms with Crippen molar-refractivity contribution in [2.24, 2.45) is 0 Å². The maximum absolute atomic E-state index is 12.9. The highest BCUT2D eigenvalue weighted by molar-refractivity contribution is 7.90. The standard InChI is InChI=1S/C18H15P.C16H13Cl2N3O5S.C16H14ClN3O5S.C12H8Cl3NO3S.CH2N2/c1-4-10-16(11-5-1)19(17-12-6-2-7-13-17)18-14-8-3-9-15-18;1-3-26-16(23)13(20-19)14(22)11-8-12(17)21(15(11)18)27(24,25)10-6-4-9(2)5-7-10;1-3-25-16(22)13-14(21)11-8-12(17)20(15(11)19-18-13)26(23,24)10-6-4-9(2)5-7-10;1-7-2-4-8(5-3-7)20(18,19)16-10(13)6-9(11(16)14)12(15)17;1-3-2/h1-15H;4-8H,3H2,1-2H3;4-8H,3H2,1-2H3,(H,19,21);2-6H,1H3;1H2. The number of benzene rings is 6. The number of hydrogen-bond acceptors (Lipinski definition) is 14. The van der Waals surface area contributed by atoms with E-state index in [-0.39, 0.29) is 65.1 Å². The molecule has 4 aromatic heterocycles. The molecule has 0 spiro atoms. The van der Waals surface area contributed by atoms with Crippen molar-refractivity contribution in [2.45, 2.75) is 49.3 Å². The van der Waals surface area contributed by atoms with E-state index in [9.17, 15) is 49.2 Å². The number of carbonyl (C=O) groups excluding carboxylic acids is 4. The molecule has 32 heteroatoms. The van der Waals surface area contributed by atoms with Crippen LogP contribution in [-0.2, 0) is 44.3 Å². The Morgan fingerprint density at radius 3 is 1.24 bits per heavy atom. The molecule has 0 aliphatic heterocycles. The Balaban J connectivity index is 0.000000199. The quantitative estimate of drug-likeness (QED) is 0.0137. The normalized spacial score (nSPS) is 10.9. The number of halogens is 6. The number of rotatable bonds is 16. The lowest BCUT2D eigenvalue weighted by Crippen LogP contribution is -2.27. The molecule has 0 atom stereocenters. The number of esters is 2. The van der Waals surface area contributed by atoms with Gasteiger partial charge in [0.05, 0.1) is 44.4 Å². The lowest BCUT2D eigenvalue weighted by atomic mass is 10.1. The molecule has 0 unspecified atom stereocenters. The summed E-state index contributed by atoms with van der Waals surface area (Å²) in [6, 6.07) is 53.8. The fourth-order valence-electron chi connectivity index (χ4n) is 8.35. The summed E-state index contributed by atoms with van der Waals surface area (Å²) in [5, 5.41) is 7.62. The Labute approximate surface area is 576 Å². The lowest BCUT2D eigenvalue weighted by Gasteiger charge is -2.18. The maximum Gasteiger partial charge on any atom is 0.446 e. The molecule has 22 nitrogen and oxygen atoms in total. The van der Waals surface area contributed by atoms with Crippen molar-refractivity contribution >= 4 is 170 Å². The lowest BCUT2D eigenvalue weighted by molar-refractivity contribution is -0.139. The van der Waals surface area contributed by atoms with Gasteiger partial charge in [0.1, 0.15) is 25.8 Å². The molecule has 0 fully saturated rings. The van der Waals surface area contributed by atoms with Crippen LogP contribution >= 0.6 is 77.5 Å². The molecule has 0 bridgehead atoms. The van der Waals surface area contributed by atoms with E-state index in [0.29, 0.717) is 7.94 Å². The zero-order chi connectivity index (χ0) is 70.1. The van der Waals surface area contributed by atoms with Gasteiger partial charge in [0, 0.05) is 0 Å². The molecule has 0 aliphatic rings. The van der Waals surface area contributed by atoms with Crippen molar-refractivity contribution in [3.63, 3.8) is 0 Å². The molecule has 0 saturated heterocycles. The third-order valence-electron chi connectivity index (χ3n) is 12.8. The number of hydrogen-bond donors (Lipinski definition) is 1. The summed E-state index contributed by atoms with van der Waals surface area (Å²) in [6.07, 6.45) is 0. The highest BCUT2D eigenvalue weighted by atomic mass is 35.5. The van der Waals surface area contributed by atoms with Crippen molar-refractivity contribution < 1.29 is 63.5 Å². The molecule has 0 radical (unpaired) electrons. The van der Waals surface area contributed by atoms with Crippen LogP contribution in [0, 0.1) is 20.8 Å². The molecular weight excluding hydrogens is 1430 g/mol. The summed E-state index contributed by atoms with van der Waals surface area (Å²) in [6.45, 7) is 11.2. The number of aromatic nitrogens is 5. The topological polar surface area (TPSA) is 322 Å². The third kappa shape index (κ3) is 17.8. The van der Waals surface area contributed by atoms with Gasteiger partial charge in [0.25, 0.3) is 41.1 Å². The highest BCUT2D eigenvalue weighted by Gasteiger charge is 2.37. The van der Waals surface area contributed by atoms with Gasteiger partial charge < -0.3 is 20.5 Å². The predicted molar refractivity (Wildman–Crippen MR) is 367 cm³/mol. The number of aryl methyl sites for hydroxylation is 3. The third-order valence-corrected chi connectivity index (χ3v) is 22.7. The minimum Gasteiger partial charge on any atom is -0.461 e. The average molecular weight is 1480 g/mol. The van der Waals surface area contributed by atoms with Crippen LogP contribution in [0.5, 0.6) is 0 Å². The summed E-state index contributed by atoms with van der Waals surface area (Å²) in [5.74, 6) is -3.23. The van der Waals surface area contributed by atoms with E-state index in [2.05, 4.69) is 122 Å². The molecule has 0 amide bonds. The van der Waals surface area contributed by atoms with E-state index >= 15 is 0 Å². The molecular formula is C63H52Cl6N9O13PS3. The van der Waals surface area contributed by atoms with Crippen LogP contribution in [0.3, 0.4) is 0 Å². The highest BCUT2D eigenvalue weighted by Crippen LogP contribution is 2.35. The van der Waals surface area contributed by atoms with Crippen LogP contribution in [0.15, 0.2) is 201 Å². The van der Waals surface area contributed by atoms with E-state index in [1.54, 1.807) is 50.2 Å². The van der Waals surface area contributed by atoms with Gasteiger partial charge in [-0.15, -0.1) is 0 Å². The second-order valence-corrected chi connectivity index (χ2v) is 29.0. The molecule has 95 heavy (non-hydrogen) atoms. The Morgan fingerprint density at radius 1 is 0.547 bits per heavy atom. The van der Waals surface area contributed by atoms with Gasteiger partial charge in [0.2, 0.25) is 17.8 Å². The maximum atomic E-state index is 12.9.